The van der Waals surface area contributed by atoms with Crippen LogP contribution in [0.4, 0.5) is 0 Å². The first-order valence-corrected chi connectivity index (χ1v) is 7.72. The molecule has 116 valence electrons. The van der Waals surface area contributed by atoms with Crippen LogP contribution in [-0.4, -0.2) is 23.7 Å². The predicted molar refractivity (Wildman–Crippen MR) is 92.4 cm³/mol. The normalized spacial score (nSPS) is 12.0. The van der Waals surface area contributed by atoms with Crippen molar-refractivity contribution in [3.8, 4) is 0 Å². The first kappa shape index (κ1) is 15.3. The summed E-state index contributed by atoms with van der Waals surface area (Å²) in [6.45, 7) is 0.233. The molecule has 3 aromatic carbocycles. The molecule has 0 spiro atoms. The number of amides is 1. The monoisotopic (exact) mass is 305 g/mol. The van der Waals surface area contributed by atoms with E-state index in [9.17, 15) is 9.90 Å². The van der Waals surface area contributed by atoms with Gasteiger partial charge in [0.15, 0.2) is 0 Å². The molecule has 0 aliphatic rings. The van der Waals surface area contributed by atoms with Crippen LogP contribution in [0.15, 0.2) is 72.8 Å². The molecule has 0 aromatic heterocycles. The summed E-state index contributed by atoms with van der Waals surface area (Å²) in [7, 11) is 0. The van der Waals surface area contributed by atoms with Crippen molar-refractivity contribution in [3.63, 3.8) is 0 Å². The van der Waals surface area contributed by atoms with Crippen molar-refractivity contribution >= 4 is 16.7 Å². The fourth-order valence-electron chi connectivity index (χ4n) is 2.69. The molecule has 3 nitrogen and oxygen atoms in total. The van der Waals surface area contributed by atoms with Crippen LogP contribution in [-0.2, 0) is 6.42 Å². The summed E-state index contributed by atoms with van der Waals surface area (Å²) in [6, 6.07) is 23.2. The summed E-state index contributed by atoms with van der Waals surface area (Å²) in [6.07, 6.45) is -0.0762. The smallest absolute Gasteiger partial charge is 0.252 e. The second-order valence-corrected chi connectivity index (χ2v) is 5.58. The molecule has 23 heavy (non-hydrogen) atoms. The molecule has 0 unspecified atom stereocenters. The maximum Gasteiger partial charge on any atom is 0.252 e. The third kappa shape index (κ3) is 3.76. The van der Waals surface area contributed by atoms with Gasteiger partial charge in [-0.15, -0.1) is 0 Å². The molecule has 0 fully saturated rings. The molecular formula is C20H19NO2. The fraction of sp³-hybridized carbons (Fsp3) is 0.150. The Morgan fingerprint density at radius 1 is 0.913 bits per heavy atom. The molecule has 0 aliphatic carbocycles. The highest BCUT2D eigenvalue weighted by atomic mass is 16.3. The number of rotatable bonds is 5. The lowest BCUT2D eigenvalue weighted by Gasteiger charge is -2.13. The molecule has 3 aromatic rings. The molecule has 3 heteroatoms. The summed E-state index contributed by atoms with van der Waals surface area (Å²) in [5.74, 6) is -0.158. The van der Waals surface area contributed by atoms with Crippen LogP contribution in [0, 0.1) is 0 Å². The van der Waals surface area contributed by atoms with E-state index in [0.717, 1.165) is 16.3 Å². The van der Waals surface area contributed by atoms with Gasteiger partial charge in [0.25, 0.3) is 5.91 Å². The molecule has 0 aliphatic heterocycles. The number of hydrogen-bond acceptors (Lipinski definition) is 2. The van der Waals surface area contributed by atoms with Gasteiger partial charge in [0.1, 0.15) is 0 Å². The summed E-state index contributed by atoms with van der Waals surface area (Å²) in [4.78, 5) is 12.4. The molecule has 0 heterocycles. The van der Waals surface area contributed by atoms with Crippen molar-refractivity contribution < 1.29 is 9.90 Å². The Morgan fingerprint density at radius 3 is 2.43 bits per heavy atom. The Kier molecular flexibility index (Phi) is 4.69. The van der Waals surface area contributed by atoms with E-state index < -0.39 is 6.10 Å². The largest absolute Gasteiger partial charge is 0.391 e. The number of aliphatic hydroxyl groups excluding tert-OH is 1. The summed E-state index contributed by atoms with van der Waals surface area (Å²) in [5, 5.41) is 14.9. The number of fused-ring (bicyclic) bond motifs is 1. The van der Waals surface area contributed by atoms with E-state index in [0.29, 0.717) is 12.0 Å². The van der Waals surface area contributed by atoms with Crippen molar-refractivity contribution in [1.29, 1.82) is 0 Å². The van der Waals surface area contributed by atoms with Crippen LogP contribution < -0.4 is 5.32 Å². The van der Waals surface area contributed by atoms with Gasteiger partial charge < -0.3 is 10.4 Å². The van der Waals surface area contributed by atoms with Gasteiger partial charge in [-0.05, 0) is 22.4 Å². The fourth-order valence-corrected chi connectivity index (χ4v) is 2.69. The highest BCUT2D eigenvalue weighted by Gasteiger charge is 2.12. The second-order valence-electron chi connectivity index (χ2n) is 5.58. The second kappa shape index (κ2) is 7.07. The van der Waals surface area contributed by atoms with E-state index in [4.69, 9.17) is 0 Å². The number of carbonyl (C=O) groups is 1. The lowest BCUT2D eigenvalue weighted by atomic mass is 10.0. The number of nitrogens with one attached hydrogen (secondary N) is 1. The zero-order valence-electron chi connectivity index (χ0n) is 12.8. The zero-order chi connectivity index (χ0) is 16.1. The summed E-state index contributed by atoms with van der Waals surface area (Å²) in [5.41, 5.74) is 1.69. The van der Waals surface area contributed by atoms with Crippen molar-refractivity contribution in [3.05, 3.63) is 83.9 Å². The minimum Gasteiger partial charge on any atom is -0.391 e. The van der Waals surface area contributed by atoms with Gasteiger partial charge in [-0.3, -0.25) is 4.79 Å². The summed E-state index contributed by atoms with van der Waals surface area (Å²) < 4.78 is 0. The van der Waals surface area contributed by atoms with E-state index >= 15 is 0 Å². The van der Waals surface area contributed by atoms with Crippen molar-refractivity contribution in [2.45, 2.75) is 12.5 Å². The molecule has 0 saturated carbocycles. The van der Waals surface area contributed by atoms with Crippen LogP contribution in [0.3, 0.4) is 0 Å². The average molecular weight is 305 g/mol. The Bertz CT molecular complexity index is 794. The Hall–Kier alpha value is -2.65. The molecule has 0 bridgehead atoms. The SMILES string of the molecule is O=C(NC[C@@H](O)Cc1ccccc1)c1cccc2ccccc12. The van der Waals surface area contributed by atoms with Crippen LogP contribution in [0.2, 0.25) is 0 Å². The number of aliphatic hydroxyl groups is 1. The Labute approximate surface area is 135 Å². The molecule has 1 amide bonds. The molecular weight excluding hydrogens is 286 g/mol. The highest BCUT2D eigenvalue weighted by Crippen LogP contribution is 2.18. The first-order chi connectivity index (χ1) is 11.2. The Morgan fingerprint density at radius 2 is 1.61 bits per heavy atom. The zero-order valence-corrected chi connectivity index (χ0v) is 12.8. The van der Waals surface area contributed by atoms with Crippen LogP contribution in [0.5, 0.6) is 0 Å². The molecule has 0 radical (unpaired) electrons. The van der Waals surface area contributed by atoms with Gasteiger partial charge in [0, 0.05) is 18.5 Å². The van der Waals surface area contributed by atoms with E-state index in [-0.39, 0.29) is 12.5 Å². The first-order valence-electron chi connectivity index (χ1n) is 7.72. The van der Waals surface area contributed by atoms with Gasteiger partial charge in [-0.1, -0.05) is 66.7 Å². The minimum atomic E-state index is -0.601. The quantitative estimate of drug-likeness (QED) is 0.760. The number of hydrogen-bond donors (Lipinski definition) is 2. The van der Waals surface area contributed by atoms with E-state index in [1.165, 1.54) is 0 Å². The van der Waals surface area contributed by atoms with Crippen molar-refractivity contribution in [2.75, 3.05) is 6.54 Å². The van der Waals surface area contributed by atoms with Gasteiger partial charge in [0.2, 0.25) is 0 Å². The molecule has 0 saturated heterocycles. The van der Waals surface area contributed by atoms with Gasteiger partial charge in [0.05, 0.1) is 6.10 Å². The minimum absolute atomic E-state index is 0.158. The number of carbonyl (C=O) groups excluding carboxylic acids is 1. The lowest BCUT2D eigenvalue weighted by molar-refractivity contribution is 0.0917. The predicted octanol–water partition coefficient (Wildman–Crippen LogP) is 3.17. The maximum atomic E-state index is 12.4. The molecule has 2 N–H and O–H groups in total. The van der Waals surface area contributed by atoms with Crippen molar-refractivity contribution in [2.24, 2.45) is 0 Å². The third-order valence-corrected chi connectivity index (χ3v) is 3.85. The van der Waals surface area contributed by atoms with E-state index in [1.54, 1.807) is 6.07 Å². The van der Waals surface area contributed by atoms with Crippen LogP contribution >= 0.6 is 0 Å². The van der Waals surface area contributed by atoms with Gasteiger partial charge >= 0.3 is 0 Å². The summed E-state index contributed by atoms with van der Waals surface area (Å²) >= 11 is 0. The maximum absolute atomic E-state index is 12.4. The van der Waals surface area contributed by atoms with Crippen molar-refractivity contribution in [1.82, 2.24) is 5.32 Å². The standard InChI is InChI=1S/C20H19NO2/c22-17(13-15-7-2-1-3-8-15)14-21-20(23)19-12-6-10-16-9-4-5-11-18(16)19/h1-12,17,22H,13-14H2,(H,21,23)/t17-/m0/s1. The van der Waals surface area contributed by atoms with E-state index in [1.807, 2.05) is 66.7 Å². The molecule has 1 atom stereocenters. The lowest BCUT2D eigenvalue weighted by Crippen LogP contribution is -2.33. The third-order valence-electron chi connectivity index (χ3n) is 3.85. The Balaban J connectivity index is 1.65. The van der Waals surface area contributed by atoms with Gasteiger partial charge in [-0.25, -0.2) is 0 Å². The van der Waals surface area contributed by atoms with Crippen LogP contribution in [0.25, 0.3) is 10.8 Å². The van der Waals surface area contributed by atoms with Crippen LogP contribution in [0.1, 0.15) is 15.9 Å². The van der Waals surface area contributed by atoms with Gasteiger partial charge in [-0.2, -0.15) is 0 Å². The topological polar surface area (TPSA) is 49.3 Å². The molecule has 3 rings (SSSR count). The number of benzene rings is 3. The average Bonchev–Trinajstić information content (AvgIpc) is 2.60. The van der Waals surface area contributed by atoms with E-state index in [2.05, 4.69) is 5.32 Å². The highest BCUT2D eigenvalue weighted by molar-refractivity contribution is 6.06.